The number of hydrogen-bond acceptors (Lipinski definition) is 10. The van der Waals surface area contributed by atoms with E-state index >= 15 is 0 Å². The van der Waals surface area contributed by atoms with E-state index in [1.165, 1.54) is 6.33 Å². The van der Waals surface area contributed by atoms with Gasteiger partial charge in [-0.2, -0.15) is 0 Å². The largest absolute Gasteiger partial charge is 0.493 e. The van der Waals surface area contributed by atoms with Crippen LogP contribution in [0.15, 0.2) is 30.6 Å². The van der Waals surface area contributed by atoms with E-state index in [1.54, 1.807) is 26.4 Å². The molecule has 11 heteroatoms. The van der Waals surface area contributed by atoms with Gasteiger partial charge in [0.05, 0.1) is 24.8 Å². The average molecular weight is 554 g/mol. The SMILES string of the molecule is COCC#Cc1cc(Cl)cc2c1OC(Nc1ncnc3cc(OCCCN4CCN(C)CC4)c(OC)cc13)O2. The van der Waals surface area contributed by atoms with Gasteiger partial charge >= 0.3 is 6.41 Å². The van der Waals surface area contributed by atoms with Crippen LogP contribution in [0, 0.1) is 11.8 Å². The first-order valence-corrected chi connectivity index (χ1v) is 13.2. The van der Waals surface area contributed by atoms with Crippen molar-refractivity contribution in [1.82, 2.24) is 19.8 Å². The van der Waals surface area contributed by atoms with Crippen LogP contribution in [0.2, 0.25) is 5.02 Å². The molecule has 1 fully saturated rings. The molecule has 39 heavy (non-hydrogen) atoms. The van der Waals surface area contributed by atoms with Gasteiger partial charge in [0, 0.05) is 62.4 Å². The number of anilines is 1. The molecule has 2 aliphatic heterocycles. The van der Waals surface area contributed by atoms with Crippen molar-refractivity contribution in [1.29, 1.82) is 0 Å². The molecule has 0 spiro atoms. The van der Waals surface area contributed by atoms with Gasteiger partial charge < -0.3 is 38.8 Å². The van der Waals surface area contributed by atoms with Crippen molar-refractivity contribution in [2.45, 2.75) is 12.8 Å². The maximum absolute atomic E-state index is 6.26. The van der Waals surface area contributed by atoms with Gasteiger partial charge in [0.25, 0.3) is 0 Å². The lowest BCUT2D eigenvalue weighted by molar-refractivity contribution is 0.0761. The molecule has 1 unspecified atom stereocenters. The number of rotatable bonds is 9. The predicted molar refractivity (Wildman–Crippen MR) is 149 cm³/mol. The molecule has 206 valence electrons. The number of benzene rings is 2. The molecule has 0 bridgehead atoms. The molecule has 0 radical (unpaired) electrons. The summed E-state index contributed by atoms with van der Waals surface area (Å²) in [6.45, 7) is 6.29. The minimum absolute atomic E-state index is 0.292. The zero-order valence-corrected chi connectivity index (χ0v) is 23.1. The summed E-state index contributed by atoms with van der Waals surface area (Å²) < 4.78 is 28.7. The molecule has 0 aliphatic carbocycles. The average Bonchev–Trinajstić information content (AvgIpc) is 3.34. The summed E-state index contributed by atoms with van der Waals surface area (Å²) in [7, 11) is 5.36. The van der Waals surface area contributed by atoms with E-state index in [2.05, 4.69) is 44.0 Å². The fourth-order valence-electron chi connectivity index (χ4n) is 4.48. The van der Waals surface area contributed by atoms with E-state index in [9.17, 15) is 0 Å². The Morgan fingerprint density at radius 1 is 1.08 bits per heavy atom. The molecule has 2 aromatic carbocycles. The molecule has 2 aliphatic rings. The van der Waals surface area contributed by atoms with Gasteiger partial charge in [-0.1, -0.05) is 23.4 Å². The standard InChI is InChI=1S/C28H32ClN5O5/c1-33-8-10-34(11-9-33)7-5-13-37-24-17-22-21(16-23(24)36-3)27(31-18-30-22)32-28-38-25-15-20(29)14-19(26(25)39-28)6-4-12-35-2/h14-18,28H,5,7-13H2,1-3H3,(H,30,31,32). The Morgan fingerprint density at radius 3 is 2.72 bits per heavy atom. The summed E-state index contributed by atoms with van der Waals surface area (Å²) in [4.78, 5) is 13.7. The van der Waals surface area contributed by atoms with Crippen LogP contribution in [-0.2, 0) is 4.74 Å². The monoisotopic (exact) mass is 553 g/mol. The van der Waals surface area contributed by atoms with Crippen molar-refractivity contribution < 1.29 is 23.7 Å². The summed E-state index contributed by atoms with van der Waals surface area (Å²) in [6, 6.07) is 7.14. The molecule has 3 aromatic rings. The van der Waals surface area contributed by atoms with Gasteiger partial charge in [0.1, 0.15) is 18.8 Å². The van der Waals surface area contributed by atoms with E-state index in [1.807, 2.05) is 12.1 Å². The third kappa shape index (κ3) is 6.57. The zero-order valence-electron chi connectivity index (χ0n) is 22.3. The van der Waals surface area contributed by atoms with Crippen LogP contribution in [0.5, 0.6) is 23.0 Å². The number of methoxy groups -OCH3 is 2. The van der Waals surface area contributed by atoms with Crippen LogP contribution in [0.3, 0.4) is 0 Å². The van der Waals surface area contributed by atoms with Gasteiger partial charge in [0.15, 0.2) is 23.0 Å². The van der Waals surface area contributed by atoms with Gasteiger partial charge in [0.2, 0.25) is 0 Å². The van der Waals surface area contributed by atoms with Crippen molar-refractivity contribution in [2.75, 3.05) is 72.5 Å². The molecular formula is C28H32ClN5O5. The minimum atomic E-state index is -0.837. The van der Waals surface area contributed by atoms with E-state index in [-0.39, 0.29) is 0 Å². The fraction of sp³-hybridized carbons (Fsp3) is 0.429. The second-order valence-electron chi connectivity index (χ2n) is 9.32. The molecule has 1 N–H and O–H groups in total. The highest BCUT2D eigenvalue weighted by Gasteiger charge is 2.28. The van der Waals surface area contributed by atoms with Crippen molar-refractivity contribution in [3.63, 3.8) is 0 Å². The molecule has 3 heterocycles. The summed E-state index contributed by atoms with van der Waals surface area (Å²) in [6.07, 6.45) is 1.57. The molecule has 5 rings (SSSR count). The first-order chi connectivity index (χ1) is 19.0. The molecule has 1 aromatic heterocycles. The van der Waals surface area contributed by atoms with Gasteiger partial charge in [-0.05, 0) is 25.6 Å². The van der Waals surface area contributed by atoms with E-state index in [0.29, 0.717) is 58.1 Å². The highest BCUT2D eigenvalue weighted by molar-refractivity contribution is 6.31. The molecule has 1 atom stereocenters. The van der Waals surface area contributed by atoms with E-state index in [4.69, 9.17) is 35.3 Å². The second-order valence-corrected chi connectivity index (χ2v) is 9.75. The highest BCUT2D eigenvalue weighted by Crippen LogP contribution is 2.41. The first kappa shape index (κ1) is 27.1. The number of ether oxygens (including phenoxy) is 5. The van der Waals surface area contributed by atoms with E-state index in [0.717, 1.165) is 44.5 Å². The number of halogens is 1. The number of nitrogens with zero attached hydrogens (tertiary/aromatic N) is 4. The third-order valence-corrected chi connectivity index (χ3v) is 6.78. The van der Waals surface area contributed by atoms with Gasteiger partial charge in [-0.25, -0.2) is 9.97 Å². The Labute approximate surface area is 233 Å². The topological polar surface area (TPSA) is 90.4 Å². The van der Waals surface area contributed by atoms with Gasteiger partial charge in [-0.3, -0.25) is 0 Å². The fourth-order valence-corrected chi connectivity index (χ4v) is 4.69. The van der Waals surface area contributed by atoms with Gasteiger partial charge in [-0.15, -0.1) is 0 Å². The molecule has 0 saturated carbocycles. The predicted octanol–water partition coefficient (Wildman–Crippen LogP) is 3.47. The summed E-state index contributed by atoms with van der Waals surface area (Å²) in [5.41, 5.74) is 1.31. The lowest BCUT2D eigenvalue weighted by Crippen LogP contribution is -2.44. The van der Waals surface area contributed by atoms with Crippen molar-refractivity contribution in [2.24, 2.45) is 0 Å². The third-order valence-electron chi connectivity index (χ3n) is 6.57. The highest BCUT2D eigenvalue weighted by atomic mass is 35.5. The Balaban J connectivity index is 1.27. The Morgan fingerprint density at radius 2 is 1.92 bits per heavy atom. The van der Waals surface area contributed by atoms with Crippen LogP contribution in [0.4, 0.5) is 5.82 Å². The first-order valence-electron chi connectivity index (χ1n) is 12.8. The van der Waals surface area contributed by atoms with Crippen molar-refractivity contribution in [3.8, 4) is 34.8 Å². The summed E-state index contributed by atoms with van der Waals surface area (Å²) in [5, 5.41) is 4.42. The lowest BCUT2D eigenvalue weighted by atomic mass is 10.2. The normalized spacial score (nSPS) is 17.1. The number of aromatic nitrogens is 2. The number of likely N-dealkylation sites (N-methyl/N-ethyl adjacent to an activating group) is 1. The van der Waals surface area contributed by atoms with Crippen molar-refractivity contribution >= 4 is 28.3 Å². The van der Waals surface area contributed by atoms with Crippen LogP contribution in [0.25, 0.3) is 10.9 Å². The maximum atomic E-state index is 6.26. The van der Waals surface area contributed by atoms with E-state index < -0.39 is 6.41 Å². The summed E-state index contributed by atoms with van der Waals surface area (Å²) in [5.74, 6) is 8.68. The molecule has 0 amide bonds. The number of piperazine rings is 1. The molecule has 10 nitrogen and oxygen atoms in total. The number of hydrogen-bond donors (Lipinski definition) is 1. The minimum Gasteiger partial charge on any atom is -0.493 e. The van der Waals surface area contributed by atoms with Crippen LogP contribution in [0.1, 0.15) is 12.0 Å². The number of nitrogens with one attached hydrogen (secondary N) is 1. The van der Waals surface area contributed by atoms with Crippen LogP contribution < -0.4 is 24.3 Å². The van der Waals surface area contributed by atoms with Crippen LogP contribution >= 0.6 is 11.6 Å². The molecule has 1 saturated heterocycles. The van der Waals surface area contributed by atoms with Crippen LogP contribution in [-0.4, -0.2) is 93.4 Å². The Kier molecular flexibility index (Phi) is 8.74. The quantitative estimate of drug-likeness (QED) is 0.314. The summed E-state index contributed by atoms with van der Waals surface area (Å²) >= 11 is 6.26. The van der Waals surface area contributed by atoms with Crippen molar-refractivity contribution in [3.05, 3.63) is 41.2 Å². The Hall–Kier alpha value is -3.49. The molecular weight excluding hydrogens is 522 g/mol. The maximum Gasteiger partial charge on any atom is 0.326 e. The zero-order chi connectivity index (χ0) is 27.2. The smallest absolute Gasteiger partial charge is 0.326 e. The Bertz CT molecular complexity index is 1370. The lowest BCUT2D eigenvalue weighted by Gasteiger charge is -2.32. The number of fused-ring (bicyclic) bond motifs is 2. The second kappa shape index (κ2) is 12.6.